The third kappa shape index (κ3) is 3.22. The third-order valence-electron chi connectivity index (χ3n) is 6.86. The van der Waals surface area contributed by atoms with Gasteiger partial charge in [0.25, 0.3) is 5.69 Å². The van der Waals surface area contributed by atoms with Crippen LogP contribution in [0.3, 0.4) is 0 Å². The number of ether oxygens (including phenoxy) is 1. The summed E-state index contributed by atoms with van der Waals surface area (Å²) in [6.07, 6.45) is 1.55. The first-order chi connectivity index (χ1) is 15.8. The van der Waals surface area contributed by atoms with E-state index in [1.165, 1.54) is 25.3 Å². The molecule has 3 aliphatic rings. The van der Waals surface area contributed by atoms with Crippen molar-refractivity contribution in [2.45, 2.75) is 24.9 Å². The number of rotatable bonds is 5. The number of amides is 2. The number of hydrogen-bond donors (Lipinski definition) is 0. The van der Waals surface area contributed by atoms with Crippen molar-refractivity contribution in [3.63, 3.8) is 0 Å². The number of carbonyl (C=O) groups excluding carboxylic acids is 3. The van der Waals surface area contributed by atoms with Gasteiger partial charge in [-0.05, 0) is 49.7 Å². The first-order valence-electron chi connectivity index (χ1n) is 10.6. The summed E-state index contributed by atoms with van der Waals surface area (Å²) in [6.45, 7) is 0.642. The number of benzene rings is 2. The van der Waals surface area contributed by atoms with E-state index < -0.39 is 34.6 Å². The Hall–Kier alpha value is -3.30. The fourth-order valence-corrected chi connectivity index (χ4v) is 5.63. The first kappa shape index (κ1) is 21.5. The van der Waals surface area contributed by atoms with E-state index in [2.05, 4.69) is 0 Å². The Morgan fingerprint density at radius 2 is 1.82 bits per heavy atom. The van der Waals surface area contributed by atoms with Crippen LogP contribution < -0.4 is 9.64 Å². The number of carbonyl (C=O) groups is 3. The minimum Gasteiger partial charge on any atom is -0.494 e. The van der Waals surface area contributed by atoms with Crippen LogP contribution in [0, 0.1) is 22.0 Å². The third-order valence-corrected chi connectivity index (χ3v) is 7.12. The summed E-state index contributed by atoms with van der Waals surface area (Å²) < 4.78 is 5.27. The number of nitrogens with zero attached hydrogens (tertiary/aromatic N) is 3. The zero-order valence-corrected chi connectivity index (χ0v) is 18.4. The number of nitro benzene ring substituents is 1. The fourth-order valence-electron chi connectivity index (χ4n) is 5.50. The molecular formula is C23H20ClN3O6. The number of methoxy groups -OCH3 is 1. The van der Waals surface area contributed by atoms with Crippen molar-refractivity contribution in [3.05, 3.63) is 63.2 Å². The SMILES string of the molecule is COc1cc([N+](=O)[O-])ccc1N1C(=O)C2C(C1=O)C(C(=O)c1ccc(Cl)cc1)N1CCCC21. The molecule has 2 aromatic rings. The monoisotopic (exact) mass is 469 g/mol. The lowest BCUT2D eigenvalue weighted by Gasteiger charge is -2.28. The Morgan fingerprint density at radius 1 is 1.12 bits per heavy atom. The molecule has 4 atom stereocenters. The Morgan fingerprint density at radius 3 is 2.48 bits per heavy atom. The average molecular weight is 470 g/mol. The Balaban J connectivity index is 1.55. The molecule has 9 nitrogen and oxygen atoms in total. The van der Waals surface area contributed by atoms with Gasteiger partial charge in [-0.3, -0.25) is 29.4 Å². The molecule has 3 fully saturated rings. The van der Waals surface area contributed by atoms with Crippen molar-refractivity contribution in [1.82, 2.24) is 4.90 Å². The Bertz CT molecular complexity index is 1180. The second-order valence-electron chi connectivity index (χ2n) is 8.44. The van der Waals surface area contributed by atoms with Crippen LogP contribution in [0.5, 0.6) is 5.75 Å². The van der Waals surface area contributed by atoms with Gasteiger partial charge in [-0.25, -0.2) is 4.90 Å². The molecule has 4 unspecified atom stereocenters. The van der Waals surface area contributed by atoms with Crippen LogP contribution in [-0.4, -0.2) is 53.2 Å². The molecule has 3 heterocycles. The molecule has 2 amide bonds. The van der Waals surface area contributed by atoms with E-state index in [0.717, 1.165) is 17.7 Å². The predicted molar refractivity (Wildman–Crippen MR) is 118 cm³/mol. The van der Waals surface area contributed by atoms with E-state index >= 15 is 0 Å². The van der Waals surface area contributed by atoms with Crippen LogP contribution >= 0.6 is 11.6 Å². The van der Waals surface area contributed by atoms with Gasteiger partial charge in [0.1, 0.15) is 5.75 Å². The zero-order valence-electron chi connectivity index (χ0n) is 17.6. The smallest absolute Gasteiger partial charge is 0.273 e. The van der Waals surface area contributed by atoms with Crippen molar-refractivity contribution in [2.75, 3.05) is 18.6 Å². The number of hydrogen-bond acceptors (Lipinski definition) is 7. The number of non-ortho nitro benzene ring substituents is 1. The Labute approximate surface area is 194 Å². The Kier molecular flexibility index (Phi) is 5.18. The van der Waals surface area contributed by atoms with E-state index in [9.17, 15) is 24.5 Å². The van der Waals surface area contributed by atoms with Gasteiger partial charge >= 0.3 is 0 Å². The summed E-state index contributed by atoms with van der Waals surface area (Å²) in [5.74, 6) is -2.54. The summed E-state index contributed by atoms with van der Waals surface area (Å²) >= 11 is 5.96. The average Bonchev–Trinajstić information content (AvgIpc) is 3.45. The molecule has 0 saturated carbocycles. The molecule has 170 valence electrons. The molecule has 0 aliphatic carbocycles. The molecule has 0 aromatic heterocycles. The number of ketones is 1. The van der Waals surface area contributed by atoms with E-state index in [4.69, 9.17) is 16.3 Å². The summed E-state index contributed by atoms with van der Waals surface area (Å²) in [7, 11) is 1.32. The van der Waals surface area contributed by atoms with E-state index in [0.29, 0.717) is 17.1 Å². The molecule has 0 N–H and O–H groups in total. The number of nitro groups is 1. The normalized spacial score (nSPS) is 26.4. The highest BCUT2D eigenvalue weighted by molar-refractivity contribution is 6.30. The second-order valence-corrected chi connectivity index (χ2v) is 8.88. The highest BCUT2D eigenvalue weighted by Gasteiger charge is 2.65. The van der Waals surface area contributed by atoms with E-state index in [1.807, 2.05) is 4.90 Å². The molecule has 10 heteroatoms. The fraction of sp³-hybridized carbons (Fsp3) is 0.348. The zero-order chi connectivity index (χ0) is 23.4. The minimum atomic E-state index is -0.828. The maximum Gasteiger partial charge on any atom is 0.273 e. The minimum absolute atomic E-state index is 0.0507. The van der Waals surface area contributed by atoms with Crippen molar-refractivity contribution >= 4 is 40.6 Å². The molecule has 2 aromatic carbocycles. The number of imide groups is 1. The number of fused-ring (bicyclic) bond motifs is 3. The van der Waals surface area contributed by atoms with Crippen molar-refractivity contribution in [1.29, 1.82) is 0 Å². The quantitative estimate of drug-likeness (QED) is 0.286. The highest BCUT2D eigenvalue weighted by Crippen LogP contribution is 2.49. The molecule has 5 rings (SSSR count). The summed E-state index contributed by atoms with van der Waals surface area (Å²) in [4.78, 5) is 54.3. The van der Waals surface area contributed by atoms with E-state index in [-0.39, 0.29) is 28.9 Å². The van der Waals surface area contributed by atoms with Crippen molar-refractivity contribution in [3.8, 4) is 5.75 Å². The number of Topliss-reactive ketones (excluding diaryl/α,β-unsaturated/α-hetero) is 1. The van der Waals surface area contributed by atoms with Crippen LogP contribution in [0.2, 0.25) is 5.02 Å². The molecule has 0 bridgehead atoms. The molecule has 3 aliphatic heterocycles. The maximum atomic E-state index is 13.6. The van der Waals surface area contributed by atoms with E-state index in [1.54, 1.807) is 24.3 Å². The first-order valence-corrected chi connectivity index (χ1v) is 11.0. The highest BCUT2D eigenvalue weighted by atomic mass is 35.5. The lowest BCUT2D eigenvalue weighted by atomic mass is 9.85. The standard InChI is InChI=1S/C23H20ClN3O6/c1-33-17-11-14(27(31)32)8-9-15(17)26-22(29)18-16-3-2-10-25(16)20(19(18)23(26)30)21(28)12-4-6-13(24)7-5-12/h4-9,11,16,18-20H,2-3,10H2,1H3. The topological polar surface area (TPSA) is 110 Å². The summed E-state index contributed by atoms with van der Waals surface area (Å²) in [5, 5.41) is 11.6. The van der Waals surface area contributed by atoms with Crippen LogP contribution in [0.15, 0.2) is 42.5 Å². The van der Waals surface area contributed by atoms with Gasteiger partial charge in [0.2, 0.25) is 11.8 Å². The van der Waals surface area contributed by atoms with Gasteiger partial charge in [0, 0.05) is 22.7 Å². The van der Waals surface area contributed by atoms with Crippen LogP contribution in [0.4, 0.5) is 11.4 Å². The van der Waals surface area contributed by atoms with Gasteiger partial charge in [0.15, 0.2) is 5.78 Å². The number of halogens is 1. The second kappa shape index (κ2) is 7.93. The van der Waals surface area contributed by atoms with Crippen molar-refractivity contribution < 1.29 is 24.0 Å². The van der Waals surface area contributed by atoms with Crippen LogP contribution in [0.25, 0.3) is 0 Å². The van der Waals surface area contributed by atoms with Crippen molar-refractivity contribution in [2.24, 2.45) is 11.8 Å². The largest absolute Gasteiger partial charge is 0.494 e. The van der Waals surface area contributed by atoms with Gasteiger partial charge in [-0.1, -0.05) is 11.6 Å². The molecule has 0 spiro atoms. The van der Waals surface area contributed by atoms with Gasteiger partial charge in [-0.2, -0.15) is 0 Å². The summed E-state index contributed by atoms with van der Waals surface area (Å²) in [5.41, 5.74) is 0.365. The number of anilines is 1. The molecular weight excluding hydrogens is 450 g/mol. The van der Waals surface area contributed by atoms with Crippen LogP contribution in [-0.2, 0) is 9.59 Å². The lowest BCUT2D eigenvalue weighted by Crippen LogP contribution is -2.46. The lowest BCUT2D eigenvalue weighted by molar-refractivity contribution is -0.384. The van der Waals surface area contributed by atoms with Gasteiger partial charge in [0.05, 0.1) is 41.7 Å². The van der Waals surface area contributed by atoms with Crippen LogP contribution in [0.1, 0.15) is 23.2 Å². The predicted octanol–water partition coefficient (Wildman–Crippen LogP) is 3.09. The molecule has 33 heavy (non-hydrogen) atoms. The molecule has 3 saturated heterocycles. The molecule has 0 radical (unpaired) electrons. The van der Waals surface area contributed by atoms with Gasteiger partial charge in [-0.15, -0.1) is 0 Å². The maximum absolute atomic E-state index is 13.6. The summed E-state index contributed by atoms with van der Waals surface area (Å²) in [6, 6.07) is 9.29. The van der Waals surface area contributed by atoms with Gasteiger partial charge < -0.3 is 4.74 Å².